The number of halogens is 2. The van der Waals surface area contributed by atoms with Crippen LogP contribution in [0.15, 0.2) is 34.9 Å². The third-order valence-electron chi connectivity index (χ3n) is 3.06. The van der Waals surface area contributed by atoms with Crippen molar-refractivity contribution in [1.29, 1.82) is 0 Å². The molecular formula is C16H14BrFN2O3. The van der Waals surface area contributed by atoms with E-state index in [9.17, 15) is 14.0 Å². The Bertz CT molecular complexity index is 748. The summed E-state index contributed by atoms with van der Waals surface area (Å²) in [4.78, 5) is 28.0. The predicted octanol–water partition coefficient (Wildman–Crippen LogP) is 3.26. The number of carbonyl (C=O) groups excluding carboxylic acids is 2. The molecule has 2 aromatic rings. The fourth-order valence-corrected chi connectivity index (χ4v) is 2.48. The van der Waals surface area contributed by atoms with E-state index in [-0.39, 0.29) is 28.1 Å². The highest BCUT2D eigenvalue weighted by Gasteiger charge is 2.19. The number of carbonyl (C=O) groups is 2. The predicted molar refractivity (Wildman–Crippen MR) is 86.7 cm³/mol. The minimum absolute atomic E-state index is 0.0604. The second-order valence-corrected chi connectivity index (χ2v) is 5.69. The second-order valence-electron chi connectivity index (χ2n) is 4.83. The van der Waals surface area contributed by atoms with Gasteiger partial charge >= 0.3 is 5.97 Å². The number of rotatable bonds is 4. The number of nitrogens with zero attached hydrogens (tertiary/aromatic N) is 1. The summed E-state index contributed by atoms with van der Waals surface area (Å²) in [5.74, 6) is -1.70. The molecule has 1 amide bonds. The van der Waals surface area contributed by atoms with Crippen LogP contribution in [0.5, 0.6) is 0 Å². The lowest BCUT2D eigenvalue weighted by molar-refractivity contribution is -0.115. The van der Waals surface area contributed by atoms with E-state index in [1.165, 1.54) is 7.11 Å². The zero-order valence-electron chi connectivity index (χ0n) is 12.5. The van der Waals surface area contributed by atoms with E-state index in [2.05, 4.69) is 31.0 Å². The molecule has 1 N–H and O–H groups in total. The molecule has 0 spiro atoms. The molecule has 0 saturated heterocycles. The van der Waals surface area contributed by atoms with Gasteiger partial charge in [0.15, 0.2) is 0 Å². The Morgan fingerprint density at radius 3 is 2.70 bits per heavy atom. The van der Waals surface area contributed by atoms with Crippen molar-refractivity contribution in [3.8, 4) is 0 Å². The molecule has 0 radical (unpaired) electrons. The summed E-state index contributed by atoms with van der Waals surface area (Å²) in [5, 5.41) is 2.60. The summed E-state index contributed by atoms with van der Waals surface area (Å²) in [7, 11) is 1.19. The van der Waals surface area contributed by atoms with Gasteiger partial charge in [0.1, 0.15) is 5.82 Å². The molecule has 0 aliphatic heterocycles. The highest BCUT2D eigenvalue weighted by Crippen LogP contribution is 2.29. The van der Waals surface area contributed by atoms with Crippen LogP contribution in [0.4, 0.5) is 10.1 Å². The zero-order valence-corrected chi connectivity index (χ0v) is 14.1. The Kier molecular flexibility index (Phi) is 5.44. The number of benzene rings is 1. The van der Waals surface area contributed by atoms with Crippen LogP contribution in [0.25, 0.3) is 0 Å². The molecule has 2 rings (SSSR count). The molecular weight excluding hydrogens is 367 g/mol. The van der Waals surface area contributed by atoms with Gasteiger partial charge in [-0.1, -0.05) is 6.07 Å². The van der Waals surface area contributed by atoms with Crippen LogP contribution in [-0.4, -0.2) is 24.0 Å². The average molecular weight is 381 g/mol. The number of anilines is 1. The van der Waals surface area contributed by atoms with Crippen molar-refractivity contribution in [2.45, 2.75) is 13.3 Å². The zero-order chi connectivity index (χ0) is 17.0. The van der Waals surface area contributed by atoms with E-state index >= 15 is 0 Å². The molecule has 1 heterocycles. The summed E-state index contributed by atoms with van der Waals surface area (Å²) in [5.41, 5.74) is 1.69. The van der Waals surface area contributed by atoms with Gasteiger partial charge in [0.05, 0.1) is 24.8 Å². The molecule has 0 saturated carbocycles. The first kappa shape index (κ1) is 17.1. The topological polar surface area (TPSA) is 68.3 Å². The number of pyridine rings is 1. The van der Waals surface area contributed by atoms with Crippen LogP contribution in [0, 0.1) is 12.7 Å². The van der Waals surface area contributed by atoms with E-state index in [0.717, 1.165) is 23.4 Å². The first-order valence-electron chi connectivity index (χ1n) is 6.69. The highest BCUT2D eigenvalue weighted by molar-refractivity contribution is 9.10. The van der Waals surface area contributed by atoms with Gasteiger partial charge in [0.2, 0.25) is 5.91 Å². The molecule has 120 valence electrons. The smallest absolute Gasteiger partial charge is 0.340 e. The molecule has 0 atom stereocenters. The summed E-state index contributed by atoms with van der Waals surface area (Å²) in [6, 6.07) is 5.77. The van der Waals surface area contributed by atoms with Gasteiger partial charge in [-0.25, -0.2) is 9.18 Å². The number of hydrogen-bond acceptors (Lipinski definition) is 4. The number of ether oxygens (including phenoxy) is 1. The maximum absolute atomic E-state index is 13.5. The number of aryl methyl sites for hydroxylation is 1. The molecule has 0 fully saturated rings. The molecule has 0 aliphatic rings. The molecule has 23 heavy (non-hydrogen) atoms. The molecule has 1 aromatic heterocycles. The number of aromatic nitrogens is 1. The Morgan fingerprint density at radius 2 is 2.09 bits per heavy atom. The van der Waals surface area contributed by atoms with Crippen molar-refractivity contribution in [1.82, 2.24) is 4.98 Å². The van der Waals surface area contributed by atoms with Crippen LogP contribution < -0.4 is 5.32 Å². The van der Waals surface area contributed by atoms with Crippen LogP contribution >= 0.6 is 15.9 Å². The van der Waals surface area contributed by atoms with E-state index < -0.39 is 11.8 Å². The van der Waals surface area contributed by atoms with Gasteiger partial charge in [0, 0.05) is 16.4 Å². The summed E-state index contributed by atoms with van der Waals surface area (Å²) in [6.07, 6.45) is 1.69. The largest absolute Gasteiger partial charge is 0.465 e. The Balaban J connectivity index is 2.23. The van der Waals surface area contributed by atoms with Gasteiger partial charge in [-0.2, -0.15) is 0 Å². The van der Waals surface area contributed by atoms with Crippen molar-refractivity contribution in [2.75, 3.05) is 12.4 Å². The lowest BCUT2D eigenvalue weighted by Crippen LogP contribution is -2.18. The van der Waals surface area contributed by atoms with Crippen LogP contribution in [-0.2, 0) is 16.0 Å². The van der Waals surface area contributed by atoms with Gasteiger partial charge in [-0.3, -0.25) is 9.78 Å². The Hall–Kier alpha value is -2.28. The van der Waals surface area contributed by atoms with Crippen LogP contribution in [0.2, 0.25) is 0 Å². The first-order valence-corrected chi connectivity index (χ1v) is 7.48. The van der Waals surface area contributed by atoms with Gasteiger partial charge in [0.25, 0.3) is 0 Å². The lowest BCUT2D eigenvalue weighted by atomic mass is 10.1. The minimum Gasteiger partial charge on any atom is -0.465 e. The first-order chi connectivity index (χ1) is 10.9. The molecule has 0 unspecified atom stereocenters. The molecule has 1 aromatic carbocycles. The Labute approximate surface area is 141 Å². The monoisotopic (exact) mass is 380 g/mol. The maximum Gasteiger partial charge on any atom is 0.340 e. The second kappa shape index (κ2) is 7.32. The van der Waals surface area contributed by atoms with Gasteiger partial charge in [-0.15, -0.1) is 0 Å². The van der Waals surface area contributed by atoms with Crippen molar-refractivity contribution in [2.24, 2.45) is 0 Å². The number of hydrogen-bond donors (Lipinski definition) is 1. The summed E-state index contributed by atoms with van der Waals surface area (Å²) >= 11 is 3.14. The molecule has 7 heteroatoms. The van der Waals surface area contributed by atoms with E-state index in [1.807, 2.05) is 6.92 Å². The van der Waals surface area contributed by atoms with Crippen LogP contribution in [0.3, 0.4) is 0 Å². The minimum atomic E-state index is -0.738. The van der Waals surface area contributed by atoms with Crippen molar-refractivity contribution in [3.63, 3.8) is 0 Å². The molecule has 5 nitrogen and oxygen atoms in total. The maximum atomic E-state index is 13.5. The van der Waals surface area contributed by atoms with Gasteiger partial charge < -0.3 is 10.1 Å². The number of methoxy groups -OCH3 is 1. The number of nitrogens with one attached hydrogen (secondary N) is 1. The standard InChI is InChI=1S/C16H14BrFN2O3/c1-9-3-4-10(8-19-9)5-14(21)20-15-12(16(22)23-2)6-11(18)7-13(15)17/h3-4,6-8H,5H2,1-2H3,(H,20,21). The lowest BCUT2D eigenvalue weighted by Gasteiger charge is -2.12. The number of esters is 1. The average Bonchev–Trinajstić information content (AvgIpc) is 2.51. The van der Waals surface area contributed by atoms with E-state index in [4.69, 9.17) is 0 Å². The van der Waals surface area contributed by atoms with Crippen molar-refractivity contribution < 1.29 is 18.7 Å². The van der Waals surface area contributed by atoms with E-state index in [1.54, 1.807) is 18.3 Å². The molecule has 0 bridgehead atoms. The third-order valence-corrected chi connectivity index (χ3v) is 3.69. The number of amides is 1. The summed E-state index contributed by atoms with van der Waals surface area (Å²) < 4.78 is 18.3. The van der Waals surface area contributed by atoms with Crippen molar-refractivity contribution >= 4 is 33.5 Å². The van der Waals surface area contributed by atoms with Crippen LogP contribution in [0.1, 0.15) is 21.6 Å². The molecule has 0 aliphatic carbocycles. The fourth-order valence-electron chi connectivity index (χ4n) is 1.94. The third kappa shape index (κ3) is 4.35. The highest BCUT2D eigenvalue weighted by atomic mass is 79.9. The van der Waals surface area contributed by atoms with E-state index in [0.29, 0.717) is 0 Å². The normalized spacial score (nSPS) is 10.3. The quantitative estimate of drug-likeness (QED) is 0.826. The van der Waals surface area contributed by atoms with Crippen molar-refractivity contribution in [3.05, 3.63) is 57.6 Å². The SMILES string of the molecule is COC(=O)c1cc(F)cc(Br)c1NC(=O)Cc1ccc(C)nc1. The summed E-state index contributed by atoms with van der Waals surface area (Å²) in [6.45, 7) is 1.85. The Morgan fingerprint density at radius 1 is 1.35 bits per heavy atom. The fraction of sp³-hybridized carbons (Fsp3) is 0.188. The van der Waals surface area contributed by atoms with Gasteiger partial charge in [-0.05, 0) is 46.6 Å².